The highest BCUT2D eigenvalue weighted by Crippen LogP contribution is 2.62. The molecule has 3 N–H and O–H groups in total. The molecule has 4 aliphatic rings. The van der Waals surface area contributed by atoms with E-state index >= 15 is 0 Å². The SMILES string of the molecule is Cc1ccc(O)cc1C12Cc3[nH]c(=O)c(C(=O)c4ccccc4)cc3CC1(O)C1C(CN1CC1CC1)C2. The van der Waals surface area contributed by atoms with Crippen molar-refractivity contribution < 1.29 is 15.0 Å². The third-order valence-corrected chi connectivity index (χ3v) is 9.60. The van der Waals surface area contributed by atoms with E-state index in [0.29, 0.717) is 24.3 Å². The molecule has 1 saturated heterocycles. The maximum absolute atomic E-state index is 13.2. The number of nitrogens with zero attached hydrogens (tertiary/aromatic N) is 1. The highest BCUT2D eigenvalue weighted by molar-refractivity contribution is 6.08. The number of fused-ring (bicyclic) bond motifs is 4. The summed E-state index contributed by atoms with van der Waals surface area (Å²) in [6.07, 6.45) is 4.18. The number of carbonyl (C=O) groups is 1. The lowest BCUT2D eigenvalue weighted by Crippen LogP contribution is -2.68. The molecule has 2 saturated carbocycles. The van der Waals surface area contributed by atoms with Gasteiger partial charge in [-0.2, -0.15) is 0 Å². The molecule has 37 heavy (non-hydrogen) atoms. The number of pyridine rings is 1. The predicted molar refractivity (Wildman–Crippen MR) is 140 cm³/mol. The zero-order chi connectivity index (χ0) is 25.5. The van der Waals surface area contributed by atoms with Crippen molar-refractivity contribution in [3.05, 3.63) is 98.5 Å². The molecule has 2 heterocycles. The summed E-state index contributed by atoms with van der Waals surface area (Å²) in [5.74, 6) is 0.969. The molecule has 3 aliphatic carbocycles. The molecule has 190 valence electrons. The minimum Gasteiger partial charge on any atom is -0.508 e. The largest absolute Gasteiger partial charge is 0.508 e. The molecule has 0 spiro atoms. The van der Waals surface area contributed by atoms with Gasteiger partial charge in [0, 0.05) is 48.6 Å². The summed E-state index contributed by atoms with van der Waals surface area (Å²) < 4.78 is 0. The first-order valence-electron chi connectivity index (χ1n) is 13.4. The normalized spacial score (nSPS) is 30.2. The van der Waals surface area contributed by atoms with Gasteiger partial charge < -0.3 is 15.2 Å². The number of hydrogen-bond acceptors (Lipinski definition) is 5. The molecule has 0 bridgehead atoms. The Hall–Kier alpha value is -3.22. The topological polar surface area (TPSA) is 93.6 Å². The van der Waals surface area contributed by atoms with Gasteiger partial charge in [-0.05, 0) is 72.9 Å². The molecule has 0 radical (unpaired) electrons. The van der Waals surface area contributed by atoms with Gasteiger partial charge in [-0.15, -0.1) is 0 Å². The summed E-state index contributed by atoms with van der Waals surface area (Å²) in [4.78, 5) is 31.9. The van der Waals surface area contributed by atoms with Crippen molar-refractivity contribution in [1.82, 2.24) is 9.88 Å². The number of aliphatic hydroxyl groups is 1. The number of phenols is 1. The fraction of sp³-hybridized carbons (Fsp3) is 0.419. The number of phenolic OH excluding ortho intramolecular Hbond substituents is 1. The molecule has 2 aromatic carbocycles. The summed E-state index contributed by atoms with van der Waals surface area (Å²) in [5.41, 5.74) is 2.14. The Bertz CT molecular complexity index is 1480. The molecular weight excluding hydrogens is 464 g/mol. The third-order valence-electron chi connectivity index (χ3n) is 9.60. The Labute approximate surface area is 216 Å². The van der Waals surface area contributed by atoms with Gasteiger partial charge in [-0.25, -0.2) is 0 Å². The van der Waals surface area contributed by atoms with Crippen LogP contribution >= 0.6 is 0 Å². The van der Waals surface area contributed by atoms with Gasteiger partial charge in [0.25, 0.3) is 5.56 Å². The highest BCUT2D eigenvalue weighted by atomic mass is 16.3. The summed E-state index contributed by atoms with van der Waals surface area (Å²) in [7, 11) is 0. The Balaban J connectivity index is 1.36. The van der Waals surface area contributed by atoms with Crippen LogP contribution in [0, 0.1) is 18.8 Å². The highest BCUT2D eigenvalue weighted by Gasteiger charge is 2.70. The first-order chi connectivity index (χ1) is 17.8. The van der Waals surface area contributed by atoms with Crippen LogP contribution in [-0.4, -0.2) is 50.6 Å². The first kappa shape index (κ1) is 22.9. The van der Waals surface area contributed by atoms with E-state index in [1.165, 1.54) is 12.8 Å². The van der Waals surface area contributed by atoms with Crippen molar-refractivity contribution in [2.24, 2.45) is 11.8 Å². The molecule has 1 aromatic heterocycles. The second-order valence-corrected chi connectivity index (χ2v) is 11.9. The van der Waals surface area contributed by atoms with Gasteiger partial charge in [-0.3, -0.25) is 14.5 Å². The van der Waals surface area contributed by atoms with Crippen molar-refractivity contribution in [3.63, 3.8) is 0 Å². The maximum atomic E-state index is 13.2. The van der Waals surface area contributed by atoms with E-state index in [2.05, 4.69) is 9.88 Å². The number of ketones is 1. The Morgan fingerprint density at radius 2 is 1.89 bits per heavy atom. The molecule has 4 atom stereocenters. The second-order valence-electron chi connectivity index (χ2n) is 11.9. The van der Waals surface area contributed by atoms with Gasteiger partial charge in [0.05, 0.1) is 11.2 Å². The number of aryl methyl sites for hydroxylation is 1. The Morgan fingerprint density at radius 3 is 2.65 bits per heavy atom. The molecule has 7 rings (SSSR count). The van der Waals surface area contributed by atoms with Gasteiger partial charge in [0.1, 0.15) is 5.75 Å². The molecule has 6 heteroatoms. The fourth-order valence-electron chi connectivity index (χ4n) is 7.77. The van der Waals surface area contributed by atoms with E-state index in [1.807, 2.05) is 25.1 Å². The van der Waals surface area contributed by atoms with Crippen LogP contribution in [0.15, 0.2) is 59.4 Å². The second kappa shape index (κ2) is 7.89. The predicted octanol–water partition coefficient (Wildman–Crippen LogP) is 3.50. The summed E-state index contributed by atoms with van der Waals surface area (Å²) in [6, 6.07) is 16.0. The van der Waals surface area contributed by atoms with Crippen molar-refractivity contribution >= 4 is 5.78 Å². The minimum absolute atomic E-state index is 0.0307. The molecule has 3 fully saturated rings. The summed E-state index contributed by atoms with van der Waals surface area (Å²) in [6.45, 7) is 4.04. The van der Waals surface area contributed by atoms with Crippen molar-refractivity contribution in [2.45, 2.75) is 56.1 Å². The number of carbonyl (C=O) groups excluding carboxylic acids is 1. The Morgan fingerprint density at radius 1 is 1.11 bits per heavy atom. The standard InChI is InChI=1S/C31H32N2O4/c1-18-7-10-23(34)12-25(18)30-13-22-17-33(16-19-8-9-19)28(22)31(30,37)14-21-11-24(29(36)32-26(21)15-30)27(35)20-5-3-2-4-6-20/h2-7,10-12,19,22,28,34,37H,8-9,13-17H2,1H3,(H,32,36). The smallest absolute Gasteiger partial charge is 0.259 e. The van der Waals surface area contributed by atoms with E-state index in [0.717, 1.165) is 47.8 Å². The van der Waals surface area contributed by atoms with Crippen LogP contribution in [0.4, 0.5) is 0 Å². The van der Waals surface area contributed by atoms with Gasteiger partial charge in [0.15, 0.2) is 5.78 Å². The molecule has 6 nitrogen and oxygen atoms in total. The van der Waals surface area contributed by atoms with Crippen LogP contribution < -0.4 is 5.56 Å². The van der Waals surface area contributed by atoms with Gasteiger partial charge in [0.2, 0.25) is 0 Å². The lowest BCUT2D eigenvalue weighted by molar-refractivity contribution is -0.118. The van der Waals surface area contributed by atoms with Gasteiger partial charge >= 0.3 is 0 Å². The number of aromatic amines is 1. The molecule has 0 amide bonds. The van der Waals surface area contributed by atoms with E-state index in [4.69, 9.17) is 0 Å². The van der Waals surface area contributed by atoms with Crippen LogP contribution in [0.1, 0.15) is 57.6 Å². The van der Waals surface area contributed by atoms with Crippen LogP contribution in [0.3, 0.4) is 0 Å². The van der Waals surface area contributed by atoms with Crippen molar-refractivity contribution in [2.75, 3.05) is 13.1 Å². The lowest BCUT2D eigenvalue weighted by Gasteiger charge is -2.55. The quantitative estimate of drug-likeness (QED) is 0.470. The Kier molecular flexibility index (Phi) is 4.89. The average Bonchev–Trinajstić information content (AvgIpc) is 3.66. The van der Waals surface area contributed by atoms with Crippen molar-refractivity contribution in [3.8, 4) is 5.75 Å². The third kappa shape index (κ3) is 3.32. The monoisotopic (exact) mass is 496 g/mol. The number of aromatic hydroxyl groups is 1. The maximum Gasteiger partial charge on any atom is 0.259 e. The fourth-order valence-corrected chi connectivity index (χ4v) is 7.77. The van der Waals surface area contributed by atoms with Gasteiger partial charge in [-0.1, -0.05) is 36.4 Å². The number of benzene rings is 2. The number of aromatic nitrogens is 1. The number of H-pyrrole nitrogens is 1. The number of likely N-dealkylation sites (tertiary alicyclic amines) is 1. The van der Waals surface area contributed by atoms with E-state index < -0.39 is 16.6 Å². The minimum atomic E-state index is -1.07. The van der Waals surface area contributed by atoms with E-state index in [-0.39, 0.29) is 23.1 Å². The average molecular weight is 497 g/mol. The lowest BCUT2D eigenvalue weighted by atomic mass is 9.59. The van der Waals surface area contributed by atoms with Crippen LogP contribution in [0.25, 0.3) is 0 Å². The van der Waals surface area contributed by atoms with Crippen LogP contribution in [0.5, 0.6) is 5.75 Å². The first-order valence-corrected chi connectivity index (χ1v) is 13.4. The zero-order valence-electron chi connectivity index (χ0n) is 21.0. The summed E-state index contributed by atoms with van der Waals surface area (Å²) >= 11 is 0. The number of rotatable bonds is 5. The number of nitrogens with one attached hydrogen (secondary N) is 1. The molecule has 3 aromatic rings. The molecule has 4 unspecified atom stereocenters. The van der Waals surface area contributed by atoms with Crippen LogP contribution in [-0.2, 0) is 18.3 Å². The molecule has 1 aliphatic heterocycles. The molecular formula is C31H32N2O4. The number of hydrogen-bond donors (Lipinski definition) is 3. The zero-order valence-corrected chi connectivity index (χ0v) is 21.0. The van der Waals surface area contributed by atoms with Crippen molar-refractivity contribution in [1.29, 1.82) is 0 Å². The van der Waals surface area contributed by atoms with E-state index in [9.17, 15) is 19.8 Å². The summed E-state index contributed by atoms with van der Waals surface area (Å²) in [5, 5.41) is 23.2. The van der Waals surface area contributed by atoms with Crippen LogP contribution in [0.2, 0.25) is 0 Å². The van der Waals surface area contributed by atoms with E-state index in [1.54, 1.807) is 36.4 Å².